The highest BCUT2D eigenvalue weighted by molar-refractivity contribution is 9.10. The third-order valence-electron chi connectivity index (χ3n) is 6.43. The molecule has 1 aromatic heterocycles. The molecule has 4 aromatic rings. The molecule has 0 aliphatic carbocycles. The van der Waals surface area contributed by atoms with Gasteiger partial charge in [-0.1, -0.05) is 58.4 Å². The van der Waals surface area contributed by atoms with Crippen LogP contribution in [0.1, 0.15) is 18.4 Å². The van der Waals surface area contributed by atoms with Gasteiger partial charge >= 0.3 is 12.1 Å². The van der Waals surface area contributed by atoms with Gasteiger partial charge in [0, 0.05) is 34.8 Å². The zero-order chi connectivity index (χ0) is 24.2. The minimum Gasteiger partial charge on any atom is -0.410 e. The van der Waals surface area contributed by atoms with Crippen LogP contribution >= 0.6 is 15.9 Å². The van der Waals surface area contributed by atoms with E-state index in [-0.39, 0.29) is 6.03 Å². The summed E-state index contributed by atoms with van der Waals surface area (Å²) in [5, 5.41) is 4.04. The van der Waals surface area contributed by atoms with Gasteiger partial charge in [0.1, 0.15) is 5.75 Å². The molecular formula is C28H26BrN3O3. The van der Waals surface area contributed by atoms with Gasteiger partial charge < -0.3 is 15.0 Å². The molecule has 0 spiro atoms. The van der Waals surface area contributed by atoms with Crippen molar-refractivity contribution >= 4 is 44.6 Å². The Bertz CT molecular complexity index is 1340. The standard InChI is InChI=1S/C28H26BrN3O3/c29-22-7-6-8-23(18-22)30-27(33)31-15-13-20(14-16-31)17-21-19-32(26-12-5-4-11-25(21)26)28(34)35-24-9-2-1-3-10-24/h1-12,18-20H,13-17H2,(H,30,33). The maximum atomic E-state index is 12.9. The number of para-hydroxylation sites is 2. The Kier molecular flexibility index (Phi) is 6.86. The first-order valence-electron chi connectivity index (χ1n) is 11.7. The SMILES string of the molecule is O=C(Nc1cccc(Br)c1)N1CCC(Cc2cn(C(=O)Oc3ccccc3)c3ccccc23)CC1. The predicted octanol–water partition coefficient (Wildman–Crippen LogP) is 6.94. The molecule has 1 saturated heterocycles. The zero-order valence-corrected chi connectivity index (χ0v) is 20.8. The van der Waals surface area contributed by atoms with Crippen molar-refractivity contribution in [3.63, 3.8) is 0 Å². The third kappa shape index (κ3) is 5.41. The fraction of sp³-hybridized carbons (Fsp3) is 0.214. The maximum Gasteiger partial charge on any atom is 0.423 e. The van der Waals surface area contributed by atoms with E-state index in [4.69, 9.17) is 4.74 Å². The van der Waals surface area contributed by atoms with Gasteiger partial charge in [-0.15, -0.1) is 0 Å². The summed E-state index contributed by atoms with van der Waals surface area (Å²) >= 11 is 3.44. The van der Waals surface area contributed by atoms with E-state index in [0.717, 1.165) is 45.9 Å². The van der Waals surface area contributed by atoms with E-state index in [2.05, 4.69) is 27.3 Å². The number of halogens is 1. The number of anilines is 1. The monoisotopic (exact) mass is 531 g/mol. The van der Waals surface area contributed by atoms with Gasteiger partial charge in [-0.05, 0) is 67.1 Å². The molecule has 3 aromatic carbocycles. The number of benzene rings is 3. The molecule has 1 aliphatic heterocycles. The average Bonchev–Trinajstić information content (AvgIpc) is 3.24. The minimum atomic E-state index is -0.419. The lowest BCUT2D eigenvalue weighted by atomic mass is 9.90. The molecule has 0 unspecified atom stereocenters. The molecule has 0 radical (unpaired) electrons. The predicted molar refractivity (Wildman–Crippen MR) is 141 cm³/mol. The average molecular weight is 532 g/mol. The summed E-state index contributed by atoms with van der Waals surface area (Å²) in [6, 6.07) is 24.6. The van der Waals surface area contributed by atoms with Crippen molar-refractivity contribution in [1.82, 2.24) is 9.47 Å². The number of ether oxygens (including phenoxy) is 1. The first-order chi connectivity index (χ1) is 17.1. The number of piperidine rings is 1. The van der Waals surface area contributed by atoms with Gasteiger partial charge in [0.15, 0.2) is 0 Å². The second kappa shape index (κ2) is 10.4. The van der Waals surface area contributed by atoms with Crippen molar-refractivity contribution in [2.24, 2.45) is 5.92 Å². The highest BCUT2D eigenvalue weighted by atomic mass is 79.9. The topological polar surface area (TPSA) is 63.6 Å². The Morgan fingerprint density at radius 2 is 1.69 bits per heavy atom. The van der Waals surface area contributed by atoms with E-state index >= 15 is 0 Å². The van der Waals surface area contributed by atoms with Crippen LogP contribution in [0.15, 0.2) is 89.5 Å². The molecule has 1 fully saturated rings. The van der Waals surface area contributed by atoms with Crippen LogP contribution in [0.5, 0.6) is 5.75 Å². The number of hydrogen-bond acceptors (Lipinski definition) is 3. The number of likely N-dealkylation sites (tertiary alicyclic amines) is 1. The lowest BCUT2D eigenvalue weighted by molar-refractivity contribution is 0.182. The molecule has 0 saturated carbocycles. The second-order valence-electron chi connectivity index (χ2n) is 8.80. The van der Waals surface area contributed by atoms with Crippen LogP contribution in [0.2, 0.25) is 0 Å². The highest BCUT2D eigenvalue weighted by Crippen LogP contribution is 2.29. The number of rotatable bonds is 4. The van der Waals surface area contributed by atoms with E-state index in [9.17, 15) is 9.59 Å². The summed E-state index contributed by atoms with van der Waals surface area (Å²) in [5.74, 6) is 0.958. The van der Waals surface area contributed by atoms with Crippen molar-refractivity contribution in [3.05, 3.63) is 95.1 Å². The number of amides is 2. The maximum absolute atomic E-state index is 12.9. The lowest BCUT2D eigenvalue weighted by Gasteiger charge is -2.32. The van der Waals surface area contributed by atoms with Crippen molar-refractivity contribution in [2.75, 3.05) is 18.4 Å². The summed E-state index contributed by atoms with van der Waals surface area (Å²) in [4.78, 5) is 27.5. The van der Waals surface area contributed by atoms with Crippen LogP contribution in [0.4, 0.5) is 15.3 Å². The Balaban J connectivity index is 1.24. The van der Waals surface area contributed by atoms with Gasteiger partial charge in [-0.3, -0.25) is 4.57 Å². The minimum absolute atomic E-state index is 0.0678. The van der Waals surface area contributed by atoms with Gasteiger partial charge in [-0.25, -0.2) is 9.59 Å². The summed E-state index contributed by atoms with van der Waals surface area (Å²) < 4.78 is 8.11. The Hall–Kier alpha value is -3.58. The largest absolute Gasteiger partial charge is 0.423 e. The van der Waals surface area contributed by atoms with E-state index in [1.807, 2.05) is 71.8 Å². The number of nitrogens with one attached hydrogen (secondary N) is 1. The van der Waals surface area contributed by atoms with E-state index in [0.29, 0.717) is 24.8 Å². The summed E-state index contributed by atoms with van der Waals surface area (Å²) in [6.45, 7) is 1.42. The molecule has 0 bridgehead atoms. The molecular weight excluding hydrogens is 506 g/mol. The Morgan fingerprint density at radius 1 is 0.943 bits per heavy atom. The van der Waals surface area contributed by atoms with Crippen LogP contribution < -0.4 is 10.1 Å². The van der Waals surface area contributed by atoms with Gasteiger partial charge in [0.25, 0.3) is 0 Å². The molecule has 7 heteroatoms. The van der Waals surface area contributed by atoms with Crippen LogP contribution in [-0.2, 0) is 6.42 Å². The van der Waals surface area contributed by atoms with Crippen molar-refractivity contribution < 1.29 is 14.3 Å². The van der Waals surface area contributed by atoms with Gasteiger partial charge in [-0.2, -0.15) is 0 Å². The van der Waals surface area contributed by atoms with Crippen LogP contribution in [0.25, 0.3) is 10.9 Å². The second-order valence-corrected chi connectivity index (χ2v) is 9.71. The summed E-state index contributed by atoms with van der Waals surface area (Å²) in [5.41, 5.74) is 2.75. The number of hydrogen-bond donors (Lipinski definition) is 1. The van der Waals surface area contributed by atoms with Crippen LogP contribution in [-0.4, -0.2) is 34.7 Å². The number of urea groups is 1. The van der Waals surface area contributed by atoms with Gasteiger partial charge in [0.2, 0.25) is 0 Å². The first kappa shape index (κ1) is 23.2. The number of carbonyl (C=O) groups is 2. The fourth-order valence-electron chi connectivity index (χ4n) is 4.62. The quantitative estimate of drug-likeness (QED) is 0.310. The van der Waals surface area contributed by atoms with Crippen molar-refractivity contribution in [1.29, 1.82) is 0 Å². The molecule has 0 atom stereocenters. The lowest BCUT2D eigenvalue weighted by Crippen LogP contribution is -2.41. The van der Waals surface area contributed by atoms with E-state index < -0.39 is 6.09 Å². The highest BCUT2D eigenvalue weighted by Gasteiger charge is 2.25. The zero-order valence-electron chi connectivity index (χ0n) is 19.2. The molecule has 1 aliphatic rings. The summed E-state index contributed by atoms with van der Waals surface area (Å²) in [7, 11) is 0. The van der Waals surface area contributed by atoms with Gasteiger partial charge in [0.05, 0.1) is 5.52 Å². The normalized spacial score (nSPS) is 14.1. The van der Waals surface area contributed by atoms with Crippen LogP contribution in [0.3, 0.4) is 0 Å². The number of fused-ring (bicyclic) bond motifs is 1. The van der Waals surface area contributed by atoms with E-state index in [1.165, 1.54) is 0 Å². The first-order valence-corrected chi connectivity index (χ1v) is 12.5. The molecule has 2 amide bonds. The number of aromatic nitrogens is 1. The fourth-order valence-corrected chi connectivity index (χ4v) is 5.02. The molecule has 1 N–H and O–H groups in total. The molecule has 2 heterocycles. The third-order valence-corrected chi connectivity index (χ3v) is 6.92. The Labute approximate surface area is 212 Å². The van der Waals surface area contributed by atoms with E-state index in [1.54, 1.807) is 16.7 Å². The van der Waals surface area contributed by atoms with Crippen molar-refractivity contribution in [2.45, 2.75) is 19.3 Å². The Morgan fingerprint density at radius 3 is 2.46 bits per heavy atom. The summed E-state index contributed by atoms with van der Waals surface area (Å²) in [6.07, 6.45) is 4.17. The smallest absolute Gasteiger partial charge is 0.410 e. The molecule has 5 rings (SSSR count). The molecule has 6 nitrogen and oxygen atoms in total. The molecule has 35 heavy (non-hydrogen) atoms. The number of nitrogens with zero attached hydrogens (tertiary/aromatic N) is 2. The van der Waals surface area contributed by atoms with Crippen LogP contribution in [0, 0.1) is 5.92 Å². The number of carbonyl (C=O) groups excluding carboxylic acids is 2. The van der Waals surface area contributed by atoms with Crippen molar-refractivity contribution in [3.8, 4) is 5.75 Å². The molecule has 178 valence electrons.